The van der Waals surface area contributed by atoms with E-state index in [1.54, 1.807) is 0 Å². The Hall–Kier alpha value is -2.36. The van der Waals surface area contributed by atoms with Gasteiger partial charge in [-0.2, -0.15) is 0 Å². The zero-order chi connectivity index (χ0) is 23.8. The molecule has 2 heterocycles. The van der Waals surface area contributed by atoms with Gasteiger partial charge in [0.25, 0.3) is 5.91 Å². The maximum absolute atomic E-state index is 12.7. The Morgan fingerprint density at radius 2 is 1.82 bits per heavy atom. The van der Waals surface area contributed by atoms with Crippen molar-refractivity contribution < 1.29 is 13.2 Å². The van der Waals surface area contributed by atoms with Crippen LogP contribution in [0.2, 0.25) is 5.02 Å². The number of nitrogens with zero attached hydrogens (tertiary/aromatic N) is 2. The Morgan fingerprint density at radius 1 is 1.15 bits per heavy atom. The summed E-state index contributed by atoms with van der Waals surface area (Å²) >= 11 is 7.22. The minimum atomic E-state index is -3.46. The molecule has 1 amide bonds. The second kappa shape index (κ2) is 9.48. The summed E-state index contributed by atoms with van der Waals surface area (Å²) in [5.74, 6) is 0.534. The molecule has 0 radical (unpaired) electrons. The van der Waals surface area contributed by atoms with Crippen LogP contribution in [0.25, 0.3) is 10.9 Å². The Morgan fingerprint density at radius 3 is 2.45 bits per heavy atom. The van der Waals surface area contributed by atoms with Crippen LogP contribution < -0.4 is 15.5 Å². The number of halogens is 1. The molecule has 0 bridgehead atoms. The van der Waals surface area contributed by atoms with Crippen molar-refractivity contribution >= 4 is 61.1 Å². The van der Waals surface area contributed by atoms with Gasteiger partial charge >= 0.3 is 0 Å². The molecule has 0 spiro atoms. The van der Waals surface area contributed by atoms with Gasteiger partial charge in [-0.15, -0.1) is 11.3 Å². The van der Waals surface area contributed by atoms with Crippen molar-refractivity contribution in [1.29, 1.82) is 0 Å². The van der Waals surface area contributed by atoms with E-state index in [2.05, 4.69) is 27.7 Å². The largest absolute Gasteiger partial charge is 0.377 e. The molecule has 2 N–H and O–H groups in total. The number of hydrogen-bond acceptors (Lipinski definition) is 7. The van der Waals surface area contributed by atoms with Crippen molar-refractivity contribution in [3.05, 3.63) is 45.6 Å². The highest BCUT2D eigenvalue weighted by Gasteiger charge is 2.26. The molecule has 176 valence electrons. The Kier molecular flexibility index (Phi) is 6.83. The van der Waals surface area contributed by atoms with Crippen molar-refractivity contribution in [1.82, 2.24) is 10.3 Å². The number of anilines is 2. The van der Waals surface area contributed by atoms with Crippen LogP contribution in [0.1, 0.15) is 35.4 Å². The van der Waals surface area contributed by atoms with E-state index in [0.29, 0.717) is 0 Å². The van der Waals surface area contributed by atoms with Gasteiger partial charge in [0.2, 0.25) is 0 Å². The smallest absolute Gasteiger partial charge is 0.263 e. The SMILES string of the molecule is CN(C)c1cc(N[C@H]2CC[C@@H](NC(=O)c3scc(S(C)(=O)=O)c3Cl)CC2)nc2ccccc12. The number of pyridine rings is 1. The number of amides is 1. The number of hydrogen-bond donors (Lipinski definition) is 2. The number of fused-ring (bicyclic) bond motifs is 1. The summed E-state index contributed by atoms with van der Waals surface area (Å²) in [6, 6.07) is 10.5. The normalized spacial score (nSPS) is 18.8. The Bertz CT molecular complexity index is 1280. The standard InChI is InChI=1S/C23H27ClN4O3S2/c1-28(2)18-12-20(27-17-7-5-4-6-16(17)18)25-14-8-10-15(11-9-14)26-23(29)22-21(24)19(13-32-22)33(3,30)31/h4-7,12-15H,8-11H2,1-3H3,(H,25,27)(H,26,29)/t14-,15+. The van der Waals surface area contributed by atoms with Crippen LogP contribution in [-0.4, -0.2) is 51.7 Å². The van der Waals surface area contributed by atoms with E-state index in [9.17, 15) is 13.2 Å². The lowest BCUT2D eigenvalue weighted by atomic mass is 9.91. The number of benzene rings is 1. The Balaban J connectivity index is 1.38. The molecule has 1 aromatic carbocycles. The highest BCUT2D eigenvalue weighted by Crippen LogP contribution is 2.32. The van der Waals surface area contributed by atoms with Crippen molar-refractivity contribution in [2.24, 2.45) is 0 Å². The lowest BCUT2D eigenvalue weighted by Gasteiger charge is -2.30. The fraction of sp³-hybridized carbons (Fsp3) is 0.391. The third-order valence-corrected chi connectivity index (χ3v) is 8.76. The maximum atomic E-state index is 12.7. The Labute approximate surface area is 203 Å². The molecule has 4 rings (SSSR count). The van der Waals surface area contributed by atoms with Crippen LogP contribution in [0.5, 0.6) is 0 Å². The molecule has 3 aromatic rings. The molecule has 2 aromatic heterocycles. The molecule has 1 aliphatic carbocycles. The first-order chi connectivity index (χ1) is 15.6. The summed E-state index contributed by atoms with van der Waals surface area (Å²) in [5.41, 5.74) is 2.07. The summed E-state index contributed by atoms with van der Waals surface area (Å²) in [6.45, 7) is 0. The van der Waals surface area contributed by atoms with Crippen molar-refractivity contribution in [2.45, 2.75) is 42.7 Å². The van der Waals surface area contributed by atoms with Gasteiger partial charge in [-0.1, -0.05) is 29.8 Å². The summed E-state index contributed by atoms with van der Waals surface area (Å²) in [7, 11) is 0.594. The van der Waals surface area contributed by atoms with Crippen LogP contribution in [0.15, 0.2) is 40.6 Å². The van der Waals surface area contributed by atoms with Crippen LogP contribution in [0, 0.1) is 0 Å². The fourth-order valence-electron chi connectivity index (χ4n) is 4.17. The van der Waals surface area contributed by atoms with E-state index in [1.165, 1.54) is 5.38 Å². The van der Waals surface area contributed by atoms with Crippen LogP contribution in [0.3, 0.4) is 0 Å². The first-order valence-electron chi connectivity index (χ1n) is 10.7. The molecule has 0 aliphatic heterocycles. The van der Waals surface area contributed by atoms with Crippen molar-refractivity contribution in [3.63, 3.8) is 0 Å². The summed E-state index contributed by atoms with van der Waals surface area (Å²) in [4.78, 5) is 19.8. The average Bonchev–Trinajstić information content (AvgIpc) is 3.16. The van der Waals surface area contributed by atoms with Gasteiger partial charge in [0, 0.05) is 55.0 Å². The number of carbonyl (C=O) groups is 1. The van der Waals surface area contributed by atoms with Crippen LogP contribution >= 0.6 is 22.9 Å². The third kappa shape index (κ3) is 5.26. The number of rotatable bonds is 6. The lowest BCUT2D eigenvalue weighted by molar-refractivity contribution is 0.0930. The van der Waals surface area contributed by atoms with Crippen molar-refractivity contribution in [3.8, 4) is 0 Å². The van der Waals surface area contributed by atoms with Crippen LogP contribution in [-0.2, 0) is 9.84 Å². The summed E-state index contributed by atoms with van der Waals surface area (Å²) in [5, 5.41) is 9.13. The highest BCUT2D eigenvalue weighted by atomic mass is 35.5. The van der Waals surface area contributed by atoms with Gasteiger partial charge in [0.1, 0.15) is 10.7 Å². The topological polar surface area (TPSA) is 91.4 Å². The molecule has 7 nitrogen and oxygen atoms in total. The van der Waals surface area contributed by atoms with Gasteiger partial charge in [-0.05, 0) is 31.7 Å². The molecule has 0 atom stereocenters. The minimum Gasteiger partial charge on any atom is -0.377 e. The monoisotopic (exact) mass is 506 g/mol. The first-order valence-corrected chi connectivity index (χ1v) is 13.9. The van der Waals surface area contributed by atoms with Gasteiger partial charge in [0.05, 0.1) is 15.4 Å². The second-order valence-corrected chi connectivity index (χ2v) is 11.9. The predicted octanol–water partition coefficient (Wildman–Crippen LogP) is 4.57. The third-order valence-electron chi connectivity index (χ3n) is 5.90. The van der Waals surface area contributed by atoms with Gasteiger partial charge in [0.15, 0.2) is 9.84 Å². The molecule has 1 fully saturated rings. The summed E-state index contributed by atoms with van der Waals surface area (Å²) < 4.78 is 23.5. The predicted molar refractivity (Wildman–Crippen MR) is 136 cm³/mol. The zero-order valence-electron chi connectivity index (χ0n) is 18.8. The van der Waals surface area contributed by atoms with Crippen molar-refractivity contribution in [2.75, 3.05) is 30.6 Å². The van der Waals surface area contributed by atoms with Gasteiger partial charge < -0.3 is 15.5 Å². The number of nitrogens with one attached hydrogen (secondary N) is 2. The second-order valence-electron chi connectivity index (χ2n) is 8.62. The molecule has 1 aliphatic rings. The molecule has 0 saturated heterocycles. The highest BCUT2D eigenvalue weighted by molar-refractivity contribution is 7.91. The number of aromatic nitrogens is 1. The minimum absolute atomic E-state index is 0.00667. The molecule has 33 heavy (non-hydrogen) atoms. The zero-order valence-corrected chi connectivity index (χ0v) is 21.1. The average molecular weight is 507 g/mol. The van der Waals surface area contributed by atoms with E-state index in [1.807, 2.05) is 32.3 Å². The quantitative estimate of drug-likeness (QED) is 0.508. The fourth-order valence-corrected chi connectivity index (χ4v) is 6.99. The maximum Gasteiger partial charge on any atom is 0.263 e. The number of carbonyl (C=O) groups excluding carboxylic acids is 1. The van der Waals surface area contributed by atoms with E-state index in [4.69, 9.17) is 16.6 Å². The molecule has 10 heteroatoms. The van der Waals surface area contributed by atoms with Crippen LogP contribution in [0.4, 0.5) is 11.5 Å². The molecule has 1 saturated carbocycles. The molecular formula is C23H27ClN4O3S2. The van der Waals surface area contributed by atoms with E-state index in [-0.39, 0.29) is 32.8 Å². The number of para-hydroxylation sites is 1. The summed E-state index contributed by atoms with van der Waals surface area (Å²) in [6.07, 6.45) is 4.51. The molecular weight excluding hydrogens is 480 g/mol. The number of sulfone groups is 1. The van der Waals surface area contributed by atoms with E-state index < -0.39 is 9.84 Å². The number of thiophene rings is 1. The van der Waals surface area contributed by atoms with Gasteiger partial charge in [-0.25, -0.2) is 13.4 Å². The van der Waals surface area contributed by atoms with E-state index >= 15 is 0 Å². The first kappa shape index (κ1) is 23.8. The van der Waals surface area contributed by atoms with E-state index in [0.717, 1.165) is 65.7 Å². The van der Waals surface area contributed by atoms with Gasteiger partial charge in [-0.3, -0.25) is 4.79 Å². The lowest BCUT2D eigenvalue weighted by Crippen LogP contribution is -2.40. The molecule has 0 unspecified atom stereocenters.